The van der Waals surface area contributed by atoms with Crippen molar-refractivity contribution in [2.75, 3.05) is 6.54 Å². The third-order valence-corrected chi connectivity index (χ3v) is 1.88. The van der Waals surface area contributed by atoms with Crippen LogP contribution in [-0.4, -0.2) is 12.5 Å². The molecule has 1 aromatic carbocycles. The Balaban J connectivity index is 2.50. The van der Waals surface area contributed by atoms with E-state index in [0.29, 0.717) is 6.54 Å². The summed E-state index contributed by atoms with van der Waals surface area (Å²) in [6.07, 6.45) is 0. The van der Waals surface area contributed by atoms with Crippen molar-refractivity contribution >= 4 is 11.5 Å². The fraction of sp³-hybridized carbons (Fsp3) is 0.154. The van der Waals surface area contributed by atoms with Crippen LogP contribution in [0.5, 0.6) is 0 Å². The van der Waals surface area contributed by atoms with Gasteiger partial charge in [-0.25, -0.2) is 0 Å². The van der Waals surface area contributed by atoms with E-state index in [9.17, 15) is 4.79 Å². The average molecular weight is 199 g/mol. The van der Waals surface area contributed by atoms with Crippen LogP contribution >= 0.6 is 0 Å². The minimum absolute atomic E-state index is 0.269. The summed E-state index contributed by atoms with van der Waals surface area (Å²) < 4.78 is 0. The van der Waals surface area contributed by atoms with Crippen LogP contribution in [0.15, 0.2) is 36.9 Å². The molecule has 1 rings (SSSR count). The lowest BCUT2D eigenvalue weighted by molar-refractivity contribution is -0.115. The summed E-state index contributed by atoms with van der Waals surface area (Å²) in [7, 11) is 0. The number of hydrogen-bond acceptors (Lipinski definition) is 1. The van der Waals surface area contributed by atoms with Crippen LogP contribution in [0.1, 0.15) is 12.5 Å². The van der Waals surface area contributed by atoms with Crippen molar-refractivity contribution in [1.82, 2.24) is 5.32 Å². The molecular weight excluding hydrogens is 186 g/mol. The highest BCUT2D eigenvalue weighted by molar-refractivity contribution is 5.94. The Kier molecular flexibility index (Phi) is 4.18. The molecule has 2 heteroatoms. The largest absolute Gasteiger partial charge is 0.341 e. The van der Waals surface area contributed by atoms with E-state index in [-0.39, 0.29) is 5.91 Å². The minimum atomic E-state index is -0.269. The van der Waals surface area contributed by atoms with E-state index in [0.717, 1.165) is 11.1 Å². The lowest BCUT2D eigenvalue weighted by Gasteiger charge is -2.05. The Morgan fingerprint density at radius 1 is 1.40 bits per heavy atom. The smallest absolute Gasteiger partial charge is 0.296 e. The molecule has 0 heterocycles. The molecule has 1 N–H and O–H groups in total. The van der Waals surface area contributed by atoms with E-state index < -0.39 is 0 Å². The van der Waals surface area contributed by atoms with Crippen molar-refractivity contribution in [3.05, 3.63) is 42.5 Å². The molecule has 76 valence electrons. The maximum atomic E-state index is 11.1. The fourth-order valence-corrected chi connectivity index (χ4v) is 1.12. The highest BCUT2D eigenvalue weighted by Gasteiger charge is 1.99. The molecule has 0 aliphatic carbocycles. The summed E-state index contributed by atoms with van der Waals surface area (Å²) >= 11 is 0. The number of rotatable bonds is 3. The highest BCUT2D eigenvalue weighted by atomic mass is 16.1. The van der Waals surface area contributed by atoms with Gasteiger partial charge < -0.3 is 5.32 Å². The summed E-state index contributed by atoms with van der Waals surface area (Å²) in [4.78, 5) is 11.1. The van der Waals surface area contributed by atoms with Gasteiger partial charge in [-0.05, 0) is 24.0 Å². The van der Waals surface area contributed by atoms with Crippen LogP contribution < -0.4 is 5.32 Å². The summed E-state index contributed by atoms with van der Waals surface area (Å²) in [5.74, 6) is 4.68. The minimum Gasteiger partial charge on any atom is -0.341 e. The zero-order valence-electron chi connectivity index (χ0n) is 8.71. The third-order valence-electron chi connectivity index (χ3n) is 1.88. The van der Waals surface area contributed by atoms with Crippen molar-refractivity contribution in [3.63, 3.8) is 0 Å². The molecule has 0 unspecified atom stereocenters. The van der Waals surface area contributed by atoms with Crippen molar-refractivity contribution in [2.45, 2.75) is 6.92 Å². The molecule has 0 spiro atoms. The predicted octanol–water partition coefficient (Wildman–Crippen LogP) is 1.84. The Hall–Kier alpha value is -2.01. The molecule has 0 fully saturated rings. The average Bonchev–Trinajstić information content (AvgIpc) is 2.27. The number of amides is 1. The second-order valence-electron chi connectivity index (χ2n) is 3.03. The van der Waals surface area contributed by atoms with E-state index in [1.165, 1.54) is 0 Å². The summed E-state index contributed by atoms with van der Waals surface area (Å²) in [6, 6.07) is 9.74. The van der Waals surface area contributed by atoms with Gasteiger partial charge in [0.2, 0.25) is 0 Å². The molecular formula is C13H13NO. The quantitative estimate of drug-likeness (QED) is 0.739. The Labute approximate surface area is 90.0 Å². The van der Waals surface area contributed by atoms with E-state index in [1.54, 1.807) is 6.92 Å². The predicted molar refractivity (Wildman–Crippen MR) is 61.9 cm³/mol. The second-order valence-corrected chi connectivity index (χ2v) is 3.03. The van der Waals surface area contributed by atoms with Crippen LogP contribution in [-0.2, 0) is 4.79 Å². The van der Waals surface area contributed by atoms with Gasteiger partial charge >= 0.3 is 0 Å². The normalized spacial score (nSPS) is 8.60. The SMILES string of the molecule is C=C(CNC(=O)C#CC)c1ccccc1. The van der Waals surface area contributed by atoms with Gasteiger partial charge in [0.05, 0.1) is 0 Å². The summed E-state index contributed by atoms with van der Waals surface area (Å²) in [5.41, 5.74) is 1.91. The Morgan fingerprint density at radius 3 is 2.67 bits per heavy atom. The standard InChI is InChI=1S/C13H13NO/c1-3-7-13(15)14-10-11(2)12-8-5-4-6-9-12/h4-6,8-9H,2,10H2,1H3,(H,14,15). The first-order valence-corrected chi connectivity index (χ1v) is 4.68. The first-order valence-electron chi connectivity index (χ1n) is 4.68. The van der Waals surface area contributed by atoms with E-state index in [4.69, 9.17) is 0 Å². The van der Waals surface area contributed by atoms with Crippen molar-refractivity contribution in [2.24, 2.45) is 0 Å². The van der Waals surface area contributed by atoms with Gasteiger partial charge in [-0.15, -0.1) is 0 Å². The molecule has 0 aliphatic heterocycles. The molecule has 0 bridgehead atoms. The lowest BCUT2D eigenvalue weighted by Crippen LogP contribution is -2.23. The van der Waals surface area contributed by atoms with Gasteiger partial charge in [0, 0.05) is 6.54 Å². The Morgan fingerprint density at radius 2 is 2.07 bits per heavy atom. The topological polar surface area (TPSA) is 29.1 Å². The molecule has 15 heavy (non-hydrogen) atoms. The van der Waals surface area contributed by atoms with E-state index in [1.807, 2.05) is 30.3 Å². The first kappa shape index (κ1) is 11.1. The van der Waals surface area contributed by atoms with Crippen molar-refractivity contribution < 1.29 is 4.79 Å². The highest BCUT2D eigenvalue weighted by Crippen LogP contribution is 2.09. The number of hydrogen-bond donors (Lipinski definition) is 1. The summed E-state index contributed by atoms with van der Waals surface area (Å²) in [5, 5.41) is 2.67. The molecule has 0 saturated carbocycles. The van der Waals surface area contributed by atoms with E-state index in [2.05, 4.69) is 23.7 Å². The maximum Gasteiger partial charge on any atom is 0.296 e. The molecule has 0 aromatic heterocycles. The fourth-order valence-electron chi connectivity index (χ4n) is 1.12. The van der Waals surface area contributed by atoms with Crippen LogP contribution in [0.2, 0.25) is 0 Å². The zero-order valence-corrected chi connectivity index (χ0v) is 8.71. The third kappa shape index (κ3) is 3.70. The Bertz CT molecular complexity index is 409. The molecule has 2 nitrogen and oxygen atoms in total. The lowest BCUT2D eigenvalue weighted by atomic mass is 10.1. The van der Waals surface area contributed by atoms with Crippen LogP contribution in [0, 0.1) is 11.8 Å². The molecule has 0 aliphatic rings. The van der Waals surface area contributed by atoms with Crippen molar-refractivity contribution in [1.29, 1.82) is 0 Å². The number of benzene rings is 1. The van der Waals surface area contributed by atoms with Crippen LogP contribution in [0.25, 0.3) is 5.57 Å². The number of carbonyl (C=O) groups is 1. The van der Waals surface area contributed by atoms with Gasteiger partial charge in [0.25, 0.3) is 5.91 Å². The van der Waals surface area contributed by atoms with Crippen LogP contribution in [0.4, 0.5) is 0 Å². The summed E-state index contributed by atoms with van der Waals surface area (Å²) in [6.45, 7) is 5.95. The maximum absolute atomic E-state index is 11.1. The van der Waals surface area contributed by atoms with Gasteiger partial charge in [0.15, 0.2) is 0 Å². The second kappa shape index (κ2) is 5.66. The number of nitrogens with one attached hydrogen (secondary N) is 1. The van der Waals surface area contributed by atoms with Gasteiger partial charge in [0.1, 0.15) is 0 Å². The van der Waals surface area contributed by atoms with Crippen LogP contribution in [0.3, 0.4) is 0 Å². The molecule has 0 saturated heterocycles. The molecule has 1 aromatic rings. The van der Waals surface area contributed by atoms with Gasteiger partial charge in [-0.3, -0.25) is 4.79 Å². The van der Waals surface area contributed by atoms with Crippen molar-refractivity contribution in [3.8, 4) is 11.8 Å². The zero-order chi connectivity index (χ0) is 11.1. The molecule has 0 atom stereocenters. The van der Waals surface area contributed by atoms with Gasteiger partial charge in [-0.2, -0.15) is 0 Å². The first-order chi connectivity index (χ1) is 7.24. The monoisotopic (exact) mass is 199 g/mol. The molecule has 1 amide bonds. The van der Waals surface area contributed by atoms with E-state index >= 15 is 0 Å². The number of carbonyl (C=O) groups excluding carboxylic acids is 1. The molecule has 0 radical (unpaired) electrons. The van der Waals surface area contributed by atoms with Gasteiger partial charge in [-0.1, -0.05) is 42.8 Å².